The minimum absolute atomic E-state index is 0.0753. The van der Waals surface area contributed by atoms with E-state index in [1.807, 2.05) is 68.8 Å². The van der Waals surface area contributed by atoms with Crippen molar-refractivity contribution < 1.29 is 9.53 Å². The SMILES string of the molecule is CCOc1ccc([C@H]2Nn3c(CC)nnc3S[C@@H]2C(=O)Nc2cc(C)cc(C)c2)cc1. The molecule has 3 aromatic rings. The minimum Gasteiger partial charge on any atom is -0.494 e. The maximum atomic E-state index is 13.4. The van der Waals surface area contributed by atoms with E-state index in [4.69, 9.17) is 4.74 Å². The Morgan fingerprint density at radius 2 is 1.84 bits per heavy atom. The van der Waals surface area contributed by atoms with Crippen LogP contribution in [0.15, 0.2) is 47.6 Å². The van der Waals surface area contributed by atoms with E-state index in [1.54, 1.807) is 0 Å². The minimum atomic E-state index is -0.417. The van der Waals surface area contributed by atoms with Gasteiger partial charge in [-0.05, 0) is 61.7 Å². The smallest absolute Gasteiger partial charge is 0.240 e. The number of nitrogens with one attached hydrogen (secondary N) is 2. The number of fused-ring (bicyclic) bond motifs is 1. The molecule has 0 bridgehead atoms. The number of amides is 1. The third-order valence-corrected chi connectivity index (χ3v) is 6.33. The van der Waals surface area contributed by atoms with Gasteiger partial charge in [0, 0.05) is 12.1 Å². The van der Waals surface area contributed by atoms with Gasteiger partial charge in [0.1, 0.15) is 11.0 Å². The van der Waals surface area contributed by atoms with Crippen molar-refractivity contribution in [2.75, 3.05) is 17.3 Å². The molecule has 0 radical (unpaired) electrons. The molecule has 2 N–H and O–H groups in total. The molecule has 1 aliphatic rings. The van der Waals surface area contributed by atoms with E-state index in [-0.39, 0.29) is 11.9 Å². The average Bonchev–Trinajstić information content (AvgIpc) is 3.15. The third-order valence-electron chi connectivity index (χ3n) is 5.12. The van der Waals surface area contributed by atoms with Crippen LogP contribution in [0.3, 0.4) is 0 Å². The van der Waals surface area contributed by atoms with Crippen LogP contribution in [0.25, 0.3) is 0 Å². The summed E-state index contributed by atoms with van der Waals surface area (Å²) in [5.74, 6) is 1.57. The number of aromatic nitrogens is 3. The molecule has 0 aliphatic carbocycles. The molecule has 162 valence electrons. The van der Waals surface area contributed by atoms with E-state index < -0.39 is 5.25 Å². The monoisotopic (exact) mass is 437 g/mol. The van der Waals surface area contributed by atoms with Gasteiger partial charge in [-0.1, -0.05) is 36.9 Å². The number of carbonyl (C=O) groups excluding carboxylic acids is 1. The lowest BCUT2D eigenvalue weighted by Gasteiger charge is -2.33. The molecule has 31 heavy (non-hydrogen) atoms. The van der Waals surface area contributed by atoms with Crippen LogP contribution in [0, 0.1) is 13.8 Å². The van der Waals surface area contributed by atoms with Crippen LogP contribution in [-0.2, 0) is 11.2 Å². The molecule has 0 saturated heterocycles. The van der Waals surface area contributed by atoms with Crippen molar-refractivity contribution in [1.82, 2.24) is 14.9 Å². The maximum absolute atomic E-state index is 13.4. The van der Waals surface area contributed by atoms with Gasteiger partial charge < -0.3 is 15.5 Å². The van der Waals surface area contributed by atoms with Gasteiger partial charge in [0.25, 0.3) is 0 Å². The number of hydrogen-bond acceptors (Lipinski definition) is 6. The summed E-state index contributed by atoms with van der Waals surface area (Å²) in [6, 6.07) is 13.7. The Labute approximate surface area is 186 Å². The van der Waals surface area contributed by atoms with Crippen molar-refractivity contribution in [2.24, 2.45) is 0 Å². The molecule has 2 heterocycles. The van der Waals surface area contributed by atoms with Crippen LogP contribution >= 0.6 is 11.8 Å². The average molecular weight is 438 g/mol. The van der Waals surface area contributed by atoms with Gasteiger partial charge in [-0.3, -0.25) is 4.79 Å². The first-order valence-corrected chi connectivity index (χ1v) is 11.4. The zero-order valence-electron chi connectivity index (χ0n) is 18.2. The standard InChI is InChI=1S/C23H27N5O2S/c1-5-19-25-26-23-28(19)27-20(16-7-9-18(10-8-16)30-6-2)21(31-23)22(29)24-17-12-14(3)11-15(4)13-17/h7-13,20-21,27H,5-6H2,1-4H3,(H,24,29)/t20-,21+/m1/s1. The first kappa shape index (κ1) is 21.2. The van der Waals surface area contributed by atoms with Gasteiger partial charge in [0.2, 0.25) is 11.1 Å². The van der Waals surface area contributed by atoms with Gasteiger partial charge in [-0.2, -0.15) is 0 Å². The molecule has 8 heteroatoms. The predicted molar refractivity (Wildman–Crippen MR) is 123 cm³/mol. The molecular formula is C23H27N5O2S. The van der Waals surface area contributed by atoms with Crippen molar-refractivity contribution in [3.8, 4) is 5.75 Å². The second kappa shape index (κ2) is 9.01. The van der Waals surface area contributed by atoms with Gasteiger partial charge in [0.15, 0.2) is 5.82 Å². The Hall–Kier alpha value is -3.00. The third kappa shape index (κ3) is 4.54. The van der Waals surface area contributed by atoms with E-state index >= 15 is 0 Å². The summed E-state index contributed by atoms with van der Waals surface area (Å²) in [4.78, 5) is 13.4. The number of nitrogens with zero attached hydrogens (tertiary/aromatic N) is 3. The number of benzene rings is 2. The molecular weight excluding hydrogens is 410 g/mol. The Balaban J connectivity index is 1.65. The first-order valence-electron chi connectivity index (χ1n) is 10.5. The number of thioether (sulfide) groups is 1. The lowest BCUT2D eigenvalue weighted by Crippen LogP contribution is -2.41. The Bertz CT molecular complexity index is 1060. The number of carbonyl (C=O) groups is 1. The second-order valence-corrected chi connectivity index (χ2v) is 8.71. The highest BCUT2D eigenvalue weighted by atomic mass is 32.2. The van der Waals surface area contributed by atoms with E-state index in [1.165, 1.54) is 11.8 Å². The number of hydrogen-bond donors (Lipinski definition) is 2. The van der Waals surface area contributed by atoms with Crippen molar-refractivity contribution in [3.63, 3.8) is 0 Å². The quantitative estimate of drug-likeness (QED) is 0.600. The van der Waals surface area contributed by atoms with Crippen molar-refractivity contribution >= 4 is 23.4 Å². The fourth-order valence-corrected chi connectivity index (χ4v) is 4.87. The Morgan fingerprint density at radius 3 is 2.48 bits per heavy atom. The summed E-state index contributed by atoms with van der Waals surface area (Å²) >= 11 is 1.43. The van der Waals surface area contributed by atoms with Crippen LogP contribution in [0.1, 0.15) is 42.4 Å². The fraction of sp³-hybridized carbons (Fsp3) is 0.348. The molecule has 0 unspecified atom stereocenters. The first-order chi connectivity index (χ1) is 15.0. The topological polar surface area (TPSA) is 81.1 Å². The Kier molecular flexibility index (Phi) is 6.18. The highest BCUT2D eigenvalue weighted by Gasteiger charge is 2.37. The van der Waals surface area contributed by atoms with Crippen molar-refractivity contribution in [1.29, 1.82) is 0 Å². The molecule has 2 aromatic carbocycles. The van der Waals surface area contributed by atoms with E-state index in [9.17, 15) is 4.79 Å². The maximum Gasteiger partial charge on any atom is 0.240 e. The van der Waals surface area contributed by atoms with Crippen LogP contribution in [0.4, 0.5) is 5.69 Å². The zero-order chi connectivity index (χ0) is 22.0. The predicted octanol–water partition coefficient (Wildman–Crippen LogP) is 4.25. The lowest BCUT2D eigenvalue weighted by molar-refractivity contribution is -0.116. The molecule has 1 aromatic heterocycles. The summed E-state index contributed by atoms with van der Waals surface area (Å²) in [5.41, 5.74) is 7.49. The normalized spacial score (nSPS) is 17.5. The van der Waals surface area contributed by atoms with Gasteiger partial charge >= 0.3 is 0 Å². The van der Waals surface area contributed by atoms with Gasteiger partial charge in [0.05, 0.1) is 12.6 Å². The molecule has 2 atom stereocenters. The number of aryl methyl sites for hydroxylation is 3. The van der Waals surface area contributed by atoms with Gasteiger partial charge in [-0.25, -0.2) is 4.68 Å². The number of rotatable bonds is 6. The van der Waals surface area contributed by atoms with Crippen molar-refractivity contribution in [2.45, 2.75) is 50.6 Å². The summed E-state index contributed by atoms with van der Waals surface area (Å²) in [6.45, 7) is 8.66. The Morgan fingerprint density at radius 1 is 1.13 bits per heavy atom. The highest BCUT2D eigenvalue weighted by molar-refractivity contribution is 8.00. The van der Waals surface area contributed by atoms with E-state index in [0.717, 1.165) is 40.4 Å². The summed E-state index contributed by atoms with van der Waals surface area (Å²) in [6.07, 6.45) is 0.746. The number of anilines is 1. The molecule has 0 spiro atoms. The van der Waals surface area contributed by atoms with E-state index in [2.05, 4.69) is 27.0 Å². The largest absolute Gasteiger partial charge is 0.494 e. The molecule has 4 rings (SSSR count). The highest BCUT2D eigenvalue weighted by Crippen LogP contribution is 2.38. The second-order valence-electron chi connectivity index (χ2n) is 7.60. The van der Waals surface area contributed by atoms with Crippen LogP contribution in [0.5, 0.6) is 5.75 Å². The summed E-state index contributed by atoms with van der Waals surface area (Å²) < 4.78 is 7.47. The van der Waals surface area contributed by atoms with Crippen LogP contribution < -0.4 is 15.5 Å². The molecule has 1 amide bonds. The van der Waals surface area contributed by atoms with Crippen molar-refractivity contribution in [3.05, 3.63) is 65.0 Å². The van der Waals surface area contributed by atoms with Gasteiger partial charge in [-0.15, -0.1) is 10.2 Å². The van der Waals surface area contributed by atoms with E-state index in [0.29, 0.717) is 11.8 Å². The molecule has 0 fully saturated rings. The van der Waals surface area contributed by atoms with Crippen LogP contribution in [0.2, 0.25) is 0 Å². The number of ether oxygens (including phenoxy) is 1. The molecule has 7 nitrogen and oxygen atoms in total. The zero-order valence-corrected chi connectivity index (χ0v) is 19.0. The fourth-order valence-electron chi connectivity index (χ4n) is 3.78. The lowest BCUT2D eigenvalue weighted by atomic mass is 10.0. The summed E-state index contributed by atoms with van der Waals surface area (Å²) in [7, 11) is 0. The molecule has 0 saturated carbocycles. The summed E-state index contributed by atoms with van der Waals surface area (Å²) in [5, 5.41) is 11.9. The van der Waals surface area contributed by atoms with Crippen LogP contribution in [-0.4, -0.2) is 32.6 Å². The molecule has 1 aliphatic heterocycles.